The predicted molar refractivity (Wildman–Crippen MR) is 77.5 cm³/mol. The van der Waals surface area contributed by atoms with Crippen LogP contribution >= 0.6 is 11.6 Å². The van der Waals surface area contributed by atoms with Gasteiger partial charge in [-0.1, -0.05) is 30.7 Å². The lowest BCUT2D eigenvalue weighted by molar-refractivity contribution is 0.102. The van der Waals surface area contributed by atoms with Gasteiger partial charge in [0.05, 0.1) is 6.10 Å². The van der Waals surface area contributed by atoms with Gasteiger partial charge in [0.1, 0.15) is 0 Å². The van der Waals surface area contributed by atoms with E-state index in [1.807, 2.05) is 0 Å². The van der Waals surface area contributed by atoms with Gasteiger partial charge in [-0.15, -0.1) is 11.6 Å². The molecule has 1 heterocycles. The maximum absolute atomic E-state index is 6.14. The zero-order valence-electron chi connectivity index (χ0n) is 11.2. The lowest BCUT2D eigenvalue weighted by atomic mass is 9.91. The Morgan fingerprint density at radius 3 is 2.89 bits per heavy atom. The second-order valence-electron chi connectivity index (χ2n) is 5.27. The zero-order chi connectivity index (χ0) is 12.8. The Morgan fingerprint density at radius 2 is 2.22 bits per heavy atom. The first kappa shape index (κ1) is 13.9. The number of hydrogen-bond acceptors (Lipinski definition) is 1. The van der Waals surface area contributed by atoms with Crippen LogP contribution in [0.15, 0.2) is 24.3 Å². The highest BCUT2D eigenvalue weighted by Gasteiger charge is 2.17. The summed E-state index contributed by atoms with van der Waals surface area (Å²) in [5.41, 5.74) is 2.78. The average Bonchev–Trinajstić information content (AvgIpc) is 2.89. The van der Waals surface area contributed by atoms with Crippen molar-refractivity contribution in [1.82, 2.24) is 0 Å². The Bertz CT molecular complexity index is 358. The highest BCUT2D eigenvalue weighted by molar-refractivity contribution is 6.18. The standard InChI is InChI=1S/C16H23ClO/c1-13-6-2-3-10-16(13)14(12-17)7-4-8-15-9-5-11-18-15/h2-3,6,10,14-15H,4-5,7-9,11-12H2,1H3. The van der Waals surface area contributed by atoms with Crippen molar-refractivity contribution in [1.29, 1.82) is 0 Å². The average molecular weight is 267 g/mol. The molecule has 1 aliphatic rings. The van der Waals surface area contributed by atoms with Crippen molar-refractivity contribution >= 4 is 11.6 Å². The number of halogens is 1. The molecule has 0 bridgehead atoms. The van der Waals surface area contributed by atoms with Crippen LogP contribution in [0.5, 0.6) is 0 Å². The van der Waals surface area contributed by atoms with Crippen LogP contribution < -0.4 is 0 Å². The topological polar surface area (TPSA) is 9.23 Å². The van der Waals surface area contributed by atoms with E-state index in [4.69, 9.17) is 16.3 Å². The number of rotatable bonds is 6. The van der Waals surface area contributed by atoms with E-state index in [2.05, 4.69) is 31.2 Å². The fourth-order valence-electron chi connectivity index (χ4n) is 2.82. The molecular weight excluding hydrogens is 244 g/mol. The summed E-state index contributed by atoms with van der Waals surface area (Å²) in [4.78, 5) is 0. The molecule has 2 atom stereocenters. The molecule has 1 aromatic rings. The summed E-state index contributed by atoms with van der Waals surface area (Å²) in [5, 5.41) is 0. The molecule has 1 aliphatic heterocycles. The van der Waals surface area contributed by atoms with Crippen LogP contribution in [-0.2, 0) is 4.74 Å². The van der Waals surface area contributed by atoms with Crippen molar-refractivity contribution < 1.29 is 4.74 Å². The first-order valence-corrected chi connectivity index (χ1v) is 7.58. The smallest absolute Gasteiger partial charge is 0.0576 e. The molecule has 0 aromatic heterocycles. The zero-order valence-corrected chi connectivity index (χ0v) is 12.0. The van der Waals surface area contributed by atoms with E-state index < -0.39 is 0 Å². The van der Waals surface area contributed by atoms with Crippen molar-refractivity contribution in [2.45, 2.75) is 51.0 Å². The second-order valence-corrected chi connectivity index (χ2v) is 5.58. The fourth-order valence-corrected chi connectivity index (χ4v) is 3.15. The molecule has 0 aliphatic carbocycles. The van der Waals surface area contributed by atoms with E-state index >= 15 is 0 Å². The summed E-state index contributed by atoms with van der Waals surface area (Å²) in [6, 6.07) is 8.60. The van der Waals surface area contributed by atoms with E-state index in [1.54, 1.807) is 0 Å². The molecule has 1 saturated heterocycles. The van der Waals surface area contributed by atoms with Crippen molar-refractivity contribution in [3.8, 4) is 0 Å². The maximum Gasteiger partial charge on any atom is 0.0576 e. The van der Waals surface area contributed by atoms with Crippen LogP contribution in [0.25, 0.3) is 0 Å². The van der Waals surface area contributed by atoms with Crippen LogP contribution in [0.2, 0.25) is 0 Å². The number of alkyl halides is 1. The third-order valence-corrected chi connectivity index (χ3v) is 4.29. The van der Waals surface area contributed by atoms with Crippen molar-refractivity contribution in [2.24, 2.45) is 0 Å². The third kappa shape index (κ3) is 3.73. The Balaban J connectivity index is 1.83. The number of hydrogen-bond donors (Lipinski definition) is 0. The minimum atomic E-state index is 0.495. The predicted octanol–water partition coefficient (Wildman–Crippen LogP) is 4.67. The summed E-state index contributed by atoms with van der Waals surface area (Å²) in [5.74, 6) is 1.21. The van der Waals surface area contributed by atoms with Gasteiger partial charge in [0.25, 0.3) is 0 Å². The van der Waals surface area contributed by atoms with Gasteiger partial charge in [0, 0.05) is 12.5 Å². The molecule has 2 rings (SSSR count). The largest absolute Gasteiger partial charge is 0.378 e. The highest BCUT2D eigenvalue weighted by Crippen LogP contribution is 2.27. The minimum Gasteiger partial charge on any atom is -0.378 e. The van der Waals surface area contributed by atoms with Gasteiger partial charge in [-0.3, -0.25) is 0 Å². The van der Waals surface area contributed by atoms with Gasteiger partial charge in [-0.2, -0.15) is 0 Å². The highest BCUT2D eigenvalue weighted by atomic mass is 35.5. The Kier molecular flexibility index (Phi) is 5.52. The number of benzene rings is 1. The molecular formula is C16H23ClO. The maximum atomic E-state index is 6.14. The number of ether oxygens (including phenoxy) is 1. The van der Waals surface area contributed by atoms with Crippen molar-refractivity contribution in [3.05, 3.63) is 35.4 Å². The van der Waals surface area contributed by atoms with E-state index in [0.29, 0.717) is 12.0 Å². The van der Waals surface area contributed by atoms with E-state index in [9.17, 15) is 0 Å². The Hall–Kier alpha value is -0.530. The van der Waals surface area contributed by atoms with Gasteiger partial charge in [-0.25, -0.2) is 0 Å². The molecule has 0 N–H and O–H groups in total. The van der Waals surface area contributed by atoms with Gasteiger partial charge < -0.3 is 4.74 Å². The molecule has 0 radical (unpaired) electrons. The SMILES string of the molecule is Cc1ccccc1C(CCl)CCCC1CCCO1. The van der Waals surface area contributed by atoms with E-state index in [1.165, 1.54) is 43.2 Å². The molecule has 100 valence electrons. The van der Waals surface area contributed by atoms with Gasteiger partial charge >= 0.3 is 0 Å². The minimum absolute atomic E-state index is 0.495. The van der Waals surface area contributed by atoms with Crippen LogP contribution in [0.4, 0.5) is 0 Å². The summed E-state index contributed by atoms with van der Waals surface area (Å²) in [7, 11) is 0. The monoisotopic (exact) mass is 266 g/mol. The van der Waals surface area contributed by atoms with Gasteiger partial charge in [0.15, 0.2) is 0 Å². The quantitative estimate of drug-likeness (QED) is 0.680. The molecule has 0 saturated carbocycles. The Morgan fingerprint density at radius 1 is 1.39 bits per heavy atom. The normalized spacial score (nSPS) is 21.1. The lowest BCUT2D eigenvalue weighted by Crippen LogP contribution is -2.07. The summed E-state index contributed by atoms with van der Waals surface area (Å²) >= 11 is 6.14. The molecule has 0 amide bonds. The fraction of sp³-hybridized carbons (Fsp3) is 0.625. The lowest BCUT2D eigenvalue weighted by Gasteiger charge is -2.17. The second kappa shape index (κ2) is 7.16. The Labute approximate surface area is 115 Å². The molecule has 2 unspecified atom stereocenters. The molecule has 18 heavy (non-hydrogen) atoms. The van der Waals surface area contributed by atoms with Gasteiger partial charge in [0.2, 0.25) is 0 Å². The van der Waals surface area contributed by atoms with Crippen LogP contribution in [0, 0.1) is 6.92 Å². The van der Waals surface area contributed by atoms with Crippen molar-refractivity contribution in [2.75, 3.05) is 12.5 Å². The third-order valence-electron chi connectivity index (χ3n) is 3.92. The number of aryl methyl sites for hydroxylation is 1. The van der Waals surface area contributed by atoms with E-state index in [-0.39, 0.29) is 0 Å². The molecule has 1 fully saturated rings. The van der Waals surface area contributed by atoms with Crippen LogP contribution in [0.1, 0.15) is 49.1 Å². The summed E-state index contributed by atoms with van der Waals surface area (Å²) in [6.07, 6.45) is 6.58. The first-order valence-electron chi connectivity index (χ1n) is 7.04. The van der Waals surface area contributed by atoms with Crippen molar-refractivity contribution in [3.63, 3.8) is 0 Å². The first-order chi connectivity index (χ1) is 8.81. The molecule has 0 spiro atoms. The molecule has 2 heteroatoms. The van der Waals surface area contributed by atoms with Crippen LogP contribution in [0.3, 0.4) is 0 Å². The van der Waals surface area contributed by atoms with Gasteiger partial charge in [-0.05, 0) is 49.7 Å². The van der Waals surface area contributed by atoms with E-state index in [0.717, 1.165) is 12.5 Å². The molecule has 1 nitrogen and oxygen atoms in total. The summed E-state index contributed by atoms with van der Waals surface area (Å²) < 4.78 is 5.66. The molecule has 1 aromatic carbocycles. The van der Waals surface area contributed by atoms with Crippen LogP contribution in [-0.4, -0.2) is 18.6 Å². The summed E-state index contributed by atoms with van der Waals surface area (Å²) in [6.45, 7) is 3.14.